The molecular weight excluding hydrogens is 324 g/mol. The number of unbranched alkanes of at least 4 members (excludes halogenated alkanes) is 10. The van der Waals surface area contributed by atoms with Gasteiger partial charge in [0.15, 0.2) is 6.10 Å². The lowest BCUT2D eigenvalue weighted by atomic mass is 10.1. The fourth-order valence-electron chi connectivity index (χ4n) is 2.70. The lowest BCUT2D eigenvalue weighted by molar-refractivity contribution is -0.153. The Bertz CT molecular complexity index is 305. The minimum atomic E-state index is -0.510. The van der Waals surface area contributed by atoms with Crippen LogP contribution in [0.25, 0.3) is 0 Å². The number of ether oxygens (including phenoxy) is 2. The molecule has 3 nitrogen and oxygen atoms in total. The molecule has 0 aromatic carbocycles. The monoisotopic (exact) mass is 360 g/mol. The highest BCUT2D eigenvalue weighted by molar-refractivity contribution is 6.17. The van der Waals surface area contributed by atoms with Crippen molar-refractivity contribution in [3.8, 4) is 0 Å². The number of methoxy groups -OCH3 is 1. The van der Waals surface area contributed by atoms with Crippen LogP contribution in [-0.2, 0) is 14.3 Å². The van der Waals surface area contributed by atoms with Crippen LogP contribution in [0.1, 0.15) is 90.4 Å². The van der Waals surface area contributed by atoms with Crippen molar-refractivity contribution < 1.29 is 14.3 Å². The summed E-state index contributed by atoms with van der Waals surface area (Å²) in [5.74, 6) is -0.326. The molecule has 0 bridgehead atoms. The molecule has 0 aromatic heterocycles. The van der Waals surface area contributed by atoms with Gasteiger partial charge in [0.05, 0.1) is 7.11 Å². The topological polar surface area (TPSA) is 35.5 Å². The molecule has 0 aromatic rings. The maximum absolute atomic E-state index is 11.5. The Morgan fingerprint density at radius 3 is 2.00 bits per heavy atom. The second kappa shape index (κ2) is 18.8. The molecule has 4 heteroatoms. The molecule has 0 saturated carbocycles. The minimum absolute atomic E-state index is 0.0309. The average Bonchev–Trinajstić information content (AvgIpc) is 2.60. The predicted octanol–water partition coefficient (Wildman–Crippen LogP) is 6.39. The van der Waals surface area contributed by atoms with Crippen LogP contribution >= 0.6 is 11.6 Å². The number of hydrogen-bond acceptors (Lipinski definition) is 3. The van der Waals surface area contributed by atoms with Crippen molar-refractivity contribution in [2.45, 2.75) is 96.5 Å². The van der Waals surface area contributed by atoms with Crippen LogP contribution in [0.4, 0.5) is 0 Å². The van der Waals surface area contributed by atoms with Crippen LogP contribution in [0.15, 0.2) is 12.2 Å². The van der Waals surface area contributed by atoms with E-state index in [-0.39, 0.29) is 12.0 Å². The van der Waals surface area contributed by atoms with Crippen molar-refractivity contribution >= 4 is 17.6 Å². The number of alkyl halides is 1. The van der Waals surface area contributed by atoms with E-state index >= 15 is 0 Å². The minimum Gasteiger partial charge on any atom is -0.467 e. The van der Waals surface area contributed by atoms with Gasteiger partial charge in [-0.05, 0) is 32.1 Å². The summed E-state index contributed by atoms with van der Waals surface area (Å²) in [5, 5.41) is 0. The molecule has 0 rings (SSSR count). The van der Waals surface area contributed by atoms with Crippen LogP contribution < -0.4 is 0 Å². The van der Waals surface area contributed by atoms with E-state index in [4.69, 9.17) is 21.1 Å². The predicted molar refractivity (Wildman–Crippen MR) is 102 cm³/mol. The SMILES string of the molecule is CCCCCCCC/C=C\CCCCCCC(OCCl)C(=O)OC. The number of hydrogen-bond donors (Lipinski definition) is 0. The lowest BCUT2D eigenvalue weighted by Crippen LogP contribution is -2.25. The summed E-state index contributed by atoms with van der Waals surface area (Å²) in [6, 6.07) is 0.0309. The van der Waals surface area contributed by atoms with E-state index in [1.807, 2.05) is 0 Å². The van der Waals surface area contributed by atoms with Crippen LogP contribution in [-0.4, -0.2) is 25.2 Å². The summed E-state index contributed by atoms with van der Waals surface area (Å²) < 4.78 is 9.89. The molecule has 0 N–H and O–H groups in total. The Hall–Kier alpha value is -0.540. The fraction of sp³-hybridized carbons (Fsp3) is 0.850. The van der Waals surface area contributed by atoms with Crippen LogP contribution in [0.3, 0.4) is 0 Å². The number of carbonyl (C=O) groups is 1. The van der Waals surface area contributed by atoms with Gasteiger partial charge in [-0.1, -0.05) is 82.0 Å². The smallest absolute Gasteiger partial charge is 0.335 e. The van der Waals surface area contributed by atoms with E-state index in [0.29, 0.717) is 6.42 Å². The second-order valence-electron chi connectivity index (χ2n) is 6.31. The van der Waals surface area contributed by atoms with Gasteiger partial charge in [-0.3, -0.25) is 0 Å². The summed E-state index contributed by atoms with van der Waals surface area (Å²) in [7, 11) is 1.38. The maximum atomic E-state index is 11.5. The van der Waals surface area contributed by atoms with Crippen molar-refractivity contribution in [1.82, 2.24) is 0 Å². The molecule has 0 fully saturated rings. The van der Waals surface area contributed by atoms with Gasteiger partial charge in [0.1, 0.15) is 6.07 Å². The quantitative estimate of drug-likeness (QED) is 0.130. The summed E-state index contributed by atoms with van der Waals surface area (Å²) in [4.78, 5) is 11.5. The lowest BCUT2D eigenvalue weighted by Gasteiger charge is -2.13. The van der Waals surface area contributed by atoms with Crippen molar-refractivity contribution in [2.24, 2.45) is 0 Å². The first-order valence-electron chi connectivity index (χ1n) is 9.66. The molecule has 0 radical (unpaired) electrons. The molecule has 0 amide bonds. The molecule has 142 valence electrons. The van der Waals surface area contributed by atoms with E-state index < -0.39 is 6.10 Å². The molecule has 0 aliphatic heterocycles. The second-order valence-corrected chi connectivity index (χ2v) is 6.53. The highest BCUT2D eigenvalue weighted by Crippen LogP contribution is 2.12. The van der Waals surface area contributed by atoms with Crippen molar-refractivity contribution in [2.75, 3.05) is 13.2 Å². The average molecular weight is 361 g/mol. The first-order chi connectivity index (χ1) is 11.8. The Morgan fingerprint density at radius 2 is 1.46 bits per heavy atom. The van der Waals surface area contributed by atoms with Gasteiger partial charge in [-0.2, -0.15) is 0 Å². The molecule has 24 heavy (non-hydrogen) atoms. The van der Waals surface area contributed by atoms with Crippen molar-refractivity contribution in [3.05, 3.63) is 12.2 Å². The molecule has 0 aliphatic carbocycles. The molecule has 0 aliphatic rings. The van der Waals surface area contributed by atoms with Gasteiger partial charge >= 0.3 is 5.97 Å². The summed E-state index contributed by atoms with van der Waals surface area (Å²) in [5.41, 5.74) is 0. The highest BCUT2D eigenvalue weighted by atomic mass is 35.5. The first kappa shape index (κ1) is 23.5. The summed E-state index contributed by atoms with van der Waals surface area (Å²) in [6.07, 6.45) is 19.9. The summed E-state index contributed by atoms with van der Waals surface area (Å²) >= 11 is 5.52. The third kappa shape index (κ3) is 15.0. The van der Waals surface area contributed by atoms with Gasteiger partial charge in [0, 0.05) is 0 Å². The van der Waals surface area contributed by atoms with E-state index in [1.54, 1.807) is 0 Å². The maximum Gasteiger partial charge on any atom is 0.335 e. The zero-order chi connectivity index (χ0) is 17.9. The van der Waals surface area contributed by atoms with Gasteiger partial charge in [0.25, 0.3) is 0 Å². The number of carbonyl (C=O) groups excluding carboxylic acids is 1. The Kier molecular flexibility index (Phi) is 18.4. The molecular formula is C20H37ClO3. The Labute approximate surface area is 154 Å². The third-order valence-corrected chi connectivity index (χ3v) is 4.33. The molecule has 1 atom stereocenters. The van der Waals surface area contributed by atoms with Crippen LogP contribution in [0.2, 0.25) is 0 Å². The summed E-state index contributed by atoms with van der Waals surface area (Å²) in [6.45, 7) is 2.26. The van der Waals surface area contributed by atoms with Crippen LogP contribution in [0, 0.1) is 0 Å². The Morgan fingerprint density at radius 1 is 0.917 bits per heavy atom. The van der Waals surface area contributed by atoms with Crippen molar-refractivity contribution in [3.63, 3.8) is 0 Å². The zero-order valence-electron chi connectivity index (χ0n) is 15.7. The van der Waals surface area contributed by atoms with Gasteiger partial charge in [0.2, 0.25) is 0 Å². The first-order valence-corrected chi connectivity index (χ1v) is 10.2. The molecule has 0 heterocycles. The Balaban J connectivity index is 3.40. The fourth-order valence-corrected chi connectivity index (χ4v) is 2.85. The highest BCUT2D eigenvalue weighted by Gasteiger charge is 2.18. The number of rotatable bonds is 17. The number of halogens is 1. The molecule has 0 spiro atoms. The third-order valence-electron chi connectivity index (χ3n) is 4.21. The zero-order valence-corrected chi connectivity index (χ0v) is 16.5. The van der Waals surface area contributed by atoms with Gasteiger partial charge < -0.3 is 9.47 Å². The number of esters is 1. The van der Waals surface area contributed by atoms with Crippen molar-refractivity contribution in [1.29, 1.82) is 0 Å². The van der Waals surface area contributed by atoms with Gasteiger partial charge in [-0.15, -0.1) is 0 Å². The molecule has 1 unspecified atom stereocenters. The van der Waals surface area contributed by atoms with E-state index in [0.717, 1.165) is 19.3 Å². The van der Waals surface area contributed by atoms with Crippen LogP contribution in [0.5, 0.6) is 0 Å². The van der Waals surface area contributed by atoms with E-state index in [9.17, 15) is 4.79 Å². The van der Waals surface area contributed by atoms with Gasteiger partial charge in [-0.25, -0.2) is 4.79 Å². The van der Waals surface area contributed by atoms with E-state index in [1.165, 1.54) is 64.9 Å². The standard InChI is InChI=1S/C20H37ClO3/c1-3-4-5-6-7-8-9-10-11-12-13-14-15-16-17-19(24-18-21)20(22)23-2/h10-11,19H,3-9,12-18H2,1-2H3/b11-10-. The largest absolute Gasteiger partial charge is 0.467 e. The number of allylic oxidation sites excluding steroid dienone is 2. The molecule has 0 saturated heterocycles. The normalized spacial score (nSPS) is 12.6. The van der Waals surface area contributed by atoms with E-state index in [2.05, 4.69) is 19.1 Å².